The van der Waals surface area contributed by atoms with Gasteiger partial charge < -0.3 is 14.7 Å². The lowest BCUT2D eigenvalue weighted by Gasteiger charge is -2.52. The number of benzene rings is 2. The zero-order chi connectivity index (χ0) is 29.4. The molecule has 1 saturated carbocycles. The Kier molecular flexibility index (Phi) is 6.34. The van der Waals surface area contributed by atoms with Gasteiger partial charge in [-0.25, -0.2) is 13.6 Å². The molecule has 1 unspecified atom stereocenters. The van der Waals surface area contributed by atoms with Crippen LogP contribution in [0.25, 0.3) is 0 Å². The zero-order valence-corrected chi connectivity index (χ0v) is 22.7. The summed E-state index contributed by atoms with van der Waals surface area (Å²) in [5, 5.41) is 9.67. The Morgan fingerprint density at radius 1 is 1.02 bits per heavy atom. The molecule has 10 heteroatoms. The minimum atomic E-state index is -5.07. The van der Waals surface area contributed by atoms with Gasteiger partial charge in [0, 0.05) is 18.0 Å². The van der Waals surface area contributed by atoms with Gasteiger partial charge in [0.25, 0.3) is 0 Å². The third-order valence-electron chi connectivity index (χ3n) is 10.4. The normalized spacial score (nSPS) is 32.2. The van der Waals surface area contributed by atoms with Crippen molar-refractivity contribution in [3.05, 3.63) is 70.5 Å². The third-order valence-corrected chi connectivity index (χ3v) is 10.4. The molecule has 5 nitrogen and oxygen atoms in total. The van der Waals surface area contributed by atoms with E-state index in [1.54, 1.807) is 18.2 Å². The lowest BCUT2D eigenvalue weighted by atomic mass is 9.62. The first-order chi connectivity index (χ1) is 19.2. The lowest BCUT2D eigenvalue weighted by Crippen LogP contribution is -2.61. The highest BCUT2D eigenvalue weighted by Crippen LogP contribution is 2.55. The first-order valence-corrected chi connectivity index (χ1v) is 14.1. The van der Waals surface area contributed by atoms with Gasteiger partial charge in [0.1, 0.15) is 5.82 Å². The van der Waals surface area contributed by atoms with Crippen molar-refractivity contribution < 1.29 is 41.4 Å². The second-order valence-electron chi connectivity index (χ2n) is 12.5. The molecule has 3 atom stereocenters. The van der Waals surface area contributed by atoms with Crippen LogP contribution in [0.2, 0.25) is 0 Å². The molecule has 41 heavy (non-hydrogen) atoms. The van der Waals surface area contributed by atoms with Gasteiger partial charge in [-0.15, -0.1) is 0 Å². The van der Waals surface area contributed by atoms with Crippen LogP contribution in [0.3, 0.4) is 0 Å². The fourth-order valence-corrected chi connectivity index (χ4v) is 7.79. The monoisotopic (exact) mass is 577 g/mol. The molecule has 0 radical (unpaired) electrons. The second-order valence-corrected chi connectivity index (χ2v) is 12.5. The van der Waals surface area contributed by atoms with E-state index >= 15 is 0 Å². The molecule has 1 N–H and O–H groups in total. The molecule has 5 aliphatic rings. The lowest BCUT2D eigenvalue weighted by molar-refractivity contribution is -0.228. The number of hydrogen-bond donors (Lipinski definition) is 1. The molecule has 2 aromatic rings. The summed E-state index contributed by atoms with van der Waals surface area (Å²) in [4.78, 5) is 27.9. The Morgan fingerprint density at radius 2 is 1.71 bits per heavy atom. The molecular weight excluding hydrogens is 545 g/mol. The average molecular weight is 578 g/mol. The van der Waals surface area contributed by atoms with Crippen LogP contribution in [0.4, 0.5) is 22.0 Å². The topological polar surface area (TPSA) is 66.8 Å². The number of halogens is 5. The summed E-state index contributed by atoms with van der Waals surface area (Å²) >= 11 is 0. The molecule has 3 heterocycles. The number of fused-ring (bicyclic) bond motifs is 6. The molecule has 0 spiro atoms. The van der Waals surface area contributed by atoms with Crippen LogP contribution >= 0.6 is 0 Å². The molecule has 1 amide bonds. The summed E-state index contributed by atoms with van der Waals surface area (Å²) in [7, 11) is 0. The predicted octanol–water partition coefficient (Wildman–Crippen LogP) is 6.01. The highest BCUT2D eigenvalue weighted by atomic mass is 19.4. The first kappa shape index (κ1) is 28.1. The van der Waals surface area contributed by atoms with Gasteiger partial charge in [-0.2, -0.15) is 13.2 Å². The van der Waals surface area contributed by atoms with E-state index in [2.05, 4.69) is 0 Å². The number of ether oxygens (including phenoxy) is 1. The smallest absolute Gasteiger partial charge is 0.426 e. The van der Waals surface area contributed by atoms with Crippen LogP contribution in [0.5, 0.6) is 0 Å². The number of rotatable bonds is 5. The number of nitrogens with zero attached hydrogens (tertiary/aromatic N) is 1. The molecular formula is C31H32F5NO4. The molecule has 3 aliphatic heterocycles. The Morgan fingerprint density at radius 3 is 2.29 bits per heavy atom. The van der Waals surface area contributed by atoms with E-state index in [4.69, 9.17) is 4.74 Å². The van der Waals surface area contributed by atoms with Gasteiger partial charge in [0.05, 0.1) is 12.0 Å². The Bertz CT molecular complexity index is 1360. The van der Waals surface area contributed by atoms with Crippen LogP contribution in [0.15, 0.2) is 42.5 Å². The summed E-state index contributed by atoms with van der Waals surface area (Å²) in [5.74, 6) is -1.47. The first-order valence-electron chi connectivity index (χ1n) is 14.1. The maximum absolute atomic E-state index is 14.9. The SMILES string of the molecule is CC(F)(c1ccc2c(c1)CC[C@H]1N(C(=O)C34CCC(C(=O)O)(CC3)OC4)CC[C@@]21Cc1ccc(F)cc1)C(F)(F)F. The van der Waals surface area contributed by atoms with Gasteiger partial charge in [0.2, 0.25) is 11.6 Å². The zero-order valence-electron chi connectivity index (χ0n) is 22.7. The van der Waals surface area contributed by atoms with Crippen LogP contribution in [-0.4, -0.2) is 52.9 Å². The molecule has 2 aromatic carbocycles. The number of carboxylic acid groups (broad SMARTS) is 1. The number of alkyl halides is 4. The van der Waals surface area contributed by atoms with Crippen LogP contribution in [-0.2, 0) is 38.3 Å². The fraction of sp³-hybridized carbons (Fsp3) is 0.548. The summed E-state index contributed by atoms with van der Waals surface area (Å²) in [6.45, 7) is 0.985. The molecule has 2 aliphatic carbocycles. The average Bonchev–Trinajstić information content (AvgIpc) is 3.33. The van der Waals surface area contributed by atoms with Crippen molar-refractivity contribution >= 4 is 11.9 Å². The van der Waals surface area contributed by atoms with Crippen LogP contribution in [0.1, 0.15) is 67.7 Å². The van der Waals surface area contributed by atoms with E-state index < -0.39 is 39.8 Å². The number of aliphatic carboxylic acids is 1. The van der Waals surface area contributed by atoms with Gasteiger partial charge in [-0.3, -0.25) is 4.79 Å². The molecule has 2 bridgehead atoms. The van der Waals surface area contributed by atoms with Crippen LogP contribution in [0, 0.1) is 11.2 Å². The van der Waals surface area contributed by atoms with Crippen molar-refractivity contribution in [1.82, 2.24) is 4.90 Å². The van der Waals surface area contributed by atoms with E-state index in [9.17, 15) is 36.6 Å². The quantitative estimate of drug-likeness (QED) is 0.442. The Hall–Kier alpha value is -3.01. The molecule has 4 fully saturated rings. The number of likely N-dealkylation sites (tertiary alicyclic amines) is 1. The highest BCUT2D eigenvalue weighted by molar-refractivity contribution is 5.86. The van der Waals surface area contributed by atoms with Gasteiger partial charge >= 0.3 is 12.1 Å². The van der Waals surface area contributed by atoms with Gasteiger partial charge in [0.15, 0.2) is 5.60 Å². The van der Waals surface area contributed by atoms with Gasteiger partial charge in [-0.05, 0) is 92.7 Å². The Balaban J connectivity index is 1.37. The van der Waals surface area contributed by atoms with Crippen LogP contribution < -0.4 is 0 Å². The van der Waals surface area contributed by atoms with Crippen molar-refractivity contribution in [3.8, 4) is 0 Å². The Labute approximate surface area is 234 Å². The summed E-state index contributed by atoms with van der Waals surface area (Å²) in [6, 6.07) is 9.90. The second kappa shape index (κ2) is 9.24. The molecule has 0 aromatic heterocycles. The molecule has 7 rings (SSSR count). The third kappa shape index (κ3) is 4.19. The van der Waals surface area contributed by atoms with E-state index in [-0.39, 0.29) is 37.2 Å². The van der Waals surface area contributed by atoms with E-state index in [1.807, 2.05) is 4.90 Å². The van der Waals surface area contributed by atoms with Crippen molar-refractivity contribution in [2.75, 3.05) is 13.2 Å². The van der Waals surface area contributed by atoms with Crippen molar-refractivity contribution in [3.63, 3.8) is 0 Å². The van der Waals surface area contributed by atoms with E-state index in [1.165, 1.54) is 24.3 Å². The highest BCUT2D eigenvalue weighted by Gasteiger charge is 2.61. The number of carbonyl (C=O) groups is 2. The number of carbonyl (C=O) groups excluding carboxylic acids is 1. The van der Waals surface area contributed by atoms with Crippen molar-refractivity contribution in [1.29, 1.82) is 0 Å². The number of aryl methyl sites for hydroxylation is 1. The standard InChI is InChI=1S/C31H32F5NO4/c1-27(33,31(34,35)36)21-5-8-23-20(16-21)4-9-24-29(23,17-19-2-6-22(32)7-3-19)14-15-37(24)25(38)28-10-12-30(13-11-28,26(39)40)41-18-28/h2-3,5-8,16,24H,4,9-15,17-18H2,1H3,(H,39,40)/t24-,27?,28?,29-,30?/m1/s1. The van der Waals surface area contributed by atoms with Gasteiger partial charge in [-0.1, -0.05) is 30.3 Å². The minimum Gasteiger partial charge on any atom is -0.479 e. The van der Waals surface area contributed by atoms with Crippen molar-refractivity contribution in [2.45, 2.75) is 87.2 Å². The summed E-state index contributed by atoms with van der Waals surface area (Å²) < 4.78 is 75.0. The van der Waals surface area contributed by atoms with E-state index in [0.717, 1.165) is 11.1 Å². The fourth-order valence-electron chi connectivity index (χ4n) is 7.79. The van der Waals surface area contributed by atoms with Crippen molar-refractivity contribution in [2.24, 2.45) is 5.41 Å². The number of carboxylic acids is 1. The molecule has 3 saturated heterocycles. The van der Waals surface area contributed by atoms with E-state index in [0.29, 0.717) is 57.6 Å². The maximum Gasteiger partial charge on any atom is 0.426 e. The number of hydrogen-bond acceptors (Lipinski definition) is 3. The summed E-state index contributed by atoms with van der Waals surface area (Å²) in [5.41, 5.74) is -4.40. The summed E-state index contributed by atoms with van der Waals surface area (Å²) in [6.07, 6.45) is -1.88. The molecule has 220 valence electrons. The largest absolute Gasteiger partial charge is 0.479 e. The number of amides is 1. The predicted molar refractivity (Wildman–Crippen MR) is 138 cm³/mol. The maximum atomic E-state index is 14.9. The minimum absolute atomic E-state index is 0.0405.